The van der Waals surface area contributed by atoms with Crippen LogP contribution in [0.25, 0.3) is 0 Å². The summed E-state index contributed by atoms with van der Waals surface area (Å²) in [5, 5.41) is 12.2. The van der Waals surface area contributed by atoms with Crippen molar-refractivity contribution >= 4 is 11.6 Å². The van der Waals surface area contributed by atoms with Crippen molar-refractivity contribution in [2.45, 2.75) is 32.7 Å². The zero-order chi connectivity index (χ0) is 11.3. The van der Waals surface area contributed by atoms with Crippen molar-refractivity contribution in [2.24, 2.45) is 0 Å². The molecule has 0 saturated heterocycles. The van der Waals surface area contributed by atoms with Gasteiger partial charge in [0.25, 0.3) is 0 Å². The van der Waals surface area contributed by atoms with Gasteiger partial charge in [0.15, 0.2) is 0 Å². The number of nitrogens with two attached hydrogens (primary N) is 1. The summed E-state index contributed by atoms with van der Waals surface area (Å²) < 4.78 is 0. The van der Waals surface area contributed by atoms with Crippen molar-refractivity contribution < 1.29 is 5.11 Å². The lowest BCUT2D eigenvalue weighted by Gasteiger charge is -2.15. The Morgan fingerprint density at radius 2 is 2.20 bits per heavy atom. The van der Waals surface area contributed by atoms with E-state index in [9.17, 15) is 0 Å². The Morgan fingerprint density at radius 1 is 1.47 bits per heavy atom. The molecule has 1 unspecified atom stereocenters. The number of aliphatic hydroxyl groups is 1. The SMILES string of the molecule is CCc1nc(N)cc(NC(CC)CO)n1. The molecule has 0 aliphatic carbocycles. The topological polar surface area (TPSA) is 84.1 Å². The Morgan fingerprint density at radius 3 is 2.73 bits per heavy atom. The highest BCUT2D eigenvalue weighted by molar-refractivity contribution is 5.45. The van der Waals surface area contributed by atoms with Gasteiger partial charge in [-0.15, -0.1) is 0 Å². The molecule has 0 aliphatic heterocycles. The Kier molecular flexibility index (Phi) is 4.30. The third-order valence-electron chi connectivity index (χ3n) is 2.17. The van der Waals surface area contributed by atoms with Crippen molar-refractivity contribution in [1.82, 2.24) is 9.97 Å². The largest absolute Gasteiger partial charge is 0.394 e. The van der Waals surface area contributed by atoms with E-state index < -0.39 is 0 Å². The molecule has 5 heteroatoms. The highest BCUT2D eigenvalue weighted by Crippen LogP contribution is 2.10. The fraction of sp³-hybridized carbons (Fsp3) is 0.600. The molecule has 0 aromatic carbocycles. The van der Waals surface area contributed by atoms with E-state index in [1.54, 1.807) is 6.07 Å². The van der Waals surface area contributed by atoms with Crippen LogP contribution in [0.5, 0.6) is 0 Å². The van der Waals surface area contributed by atoms with Gasteiger partial charge in [0.05, 0.1) is 12.6 Å². The second-order valence-corrected chi connectivity index (χ2v) is 3.38. The van der Waals surface area contributed by atoms with Crippen LogP contribution in [-0.2, 0) is 6.42 Å². The molecule has 84 valence electrons. The Hall–Kier alpha value is -1.36. The zero-order valence-electron chi connectivity index (χ0n) is 9.20. The number of anilines is 2. The number of nitrogens with one attached hydrogen (secondary N) is 1. The van der Waals surface area contributed by atoms with Gasteiger partial charge in [-0.3, -0.25) is 0 Å². The molecule has 1 aromatic rings. The predicted molar refractivity (Wildman–Crippen MR) is 60.6 cm³/mol. The van der Waals surface area contributed by atoms with E-state index in [1.165, 1.54) is 0 Å². The van der Waals surface area contributed by atoms with Gasteiger partial charge in [-0.05, 0) is 6.42 Å². The minimum Gasteiger partial charge on any atom is -0.394 e. The van der Waals surface area contributed by atoms with Gasteiger partial charge >= 0.3 is 0 Å². The number of aliphatic hydroxyl groups excluding tert-OH is 1. The molecule has 1 aromatic heterocycles. The standard InChI is InChI=1S/C10H18N4O/c1-3-7(6-15)12-10-5-8(11)13-9(4-2)14-10/h5,7,15H,3-4,6H2,1-2H3,(H3,11,12,13,14). The third-order valence-corrected chi connectivity index (χ3v) is 2.17. The second-order valence-electron chi connectivity index (χ2n) is 3.38. The first-order valence-corrected chi connectivity index (χ1v) is 5.20. The van der Waals surface area contributed by atoms with Crippen LogP contribution in [0.4, 0.5) is 11.6 Å². The van der Waals surface area contributed by atoms with E-state index >= 15 is 0 Å². The molecule has 0 radical (unpaired) electrons. The number of aromatic nitrogens is 2. The molecule has 15 heavy (non-hydrogen) atoms. The summed E-state index contributed by atoms with van der Waals surface area (Å²) in [6.07, 6.45) is 1.58. The summed E-state index contributed by atoms with van der Waals surface area (Å²) in [4.78, 5) is 8.35. The zero-order valence-corrected chi connectivity index (χ0v) is 9.20. The maximum absolute atomic E-state index is 9.05. The molecular weight excluding hydrogens is 192 g/mol. The molecule has 1 atom stereocenters. The van der Waals surface area contributed by atoms with E-state index in [0.29, 0.717) is 17.5 Å². The van der Waals surface area contributed by atoms with Crippen LogP contribution in [0.2, 0.25) is 0 Å². The van der Waals surface area contributed by atoms with Crippen molar-refractivity contribution in [2.75, 3.05) is 17.7 Å². The van der Waals surface area contributed by atoms with Crippen LogP contribution in [0.15, 0.2) is 6.07 Å². The van der Waals surface area contributed by atoms with E-state index in [1.807, 2.05) is 13.8 Å². The smallest absolute Gasteiger partial charge is 0.132 e. The molecule has 4 N–H and O–H groups in total. The van der Waals surface area contributed by atoms with Crippen LogP contribution in [0.1, 0.15) is 26.1 Å². The van der Waals surface area contributed by atoms with Gasteiger partial charge in [0.1, 0.15) is 17.5 Å². The highest BCUT2D eigenvalue weighted by atomic mass is 16.3. The predicted octanol–water partition coefficient (Wildman–Crippen LogP) is 0.804. The normalized spacial score (nSPS) is 12.5. The number of hydrogen-bond acceptors (Lipinski definition) is 5. The third kappa shape index (κ3) is 3.36. The highest BCUT2D eigenvalue weighted by Gasteiger charge is 2.06. The van der Waals surface area contributed by atoms with E-state index in [0.717, 1.165) is 12.8 Å². The molecule has 0 amide bonds. The minimum absolute atomic E-state index is 0.0176. The fourth-order valence-corrected chi connectivity index (χ4v) is 1.24. The van der Waals surface area contributed by atoms with Gasteiger partial charge in [-0.2, -0.15) is 0 Å². The number of nitrogens with zero attached hydrogens (tertiary/aromatic N) is 2. The van der Waals surface area contributed by atoms with Crippen LogP contribution in [0.3, 0.4) is 0 Å². The first-order valence-electron chi connectivity index (χ1n) is 5.20. The Bertz CT molecular complexity index is 312. The first-order chi connectivity index (χ1) is 7.19. The molecule has 0 spiro atoms. The quantitative estimate of drug-likeness (QED) is 0.669. The summed E-state index contributed by atoms with van der Waals surface area (Å²) in [6, 6.07) is 1.70. The molecule has 0 saturated carbocycles. The fourth-order valence-electron chi connectivity index (χ4n) is 1.24. The van der Waals surface area contributed by atoms with Gasteiger partial charge in [-0.25, -0.2) is 9.97 Å². The second kappa shape index (κ2) is 5.50. The molecule has 0 aliphatic rings. The van der Waals surface area contributed by atoms with Crippen molar-refractivity contribution in [3.05, 3.63) is 11.9 Å². The Labute approximate surface area is 89.7 Å². The lowest BCUT2D eigenvalue weighted by molar-refractivity contribution is 0.271. The van der Waals surface area contributed by atoms with Crippen LogP contribution in [-0.4, -0.2) is 27.7 Å². The van der Waals surface area contributed by atoms with Crippen molar-refractivity contribution in [1.29, 1.82) is 0 Å². The molecule has 1 heterocycles. The van der Waals surface area contributed by atoms with E-state index in [4.69, 9.17) is 10.8 Å². The maximum atomic E-state index is 9.05. The van der Waals surface area contributed by atoms with Crippen LogP contribution >= 0.6 is 0 Å². The summed E-state index contributed by atoms with van der Waals surface area (Å²) >= 11 is 0. The lowest BCUT2D eigenvalue weighted by Crippen LogP contribution is -2.23. The average Bonchev–Trinajstić information content (AvgIpc) is 2.25. The first kappa shape index (κ1) is 11.7. The summed E-state index contributed by atoms with van der Waals surface area (Å²) in [5.74, 6) is 1.85. The summed E-state index contributed by atoms with van der Waals surface area (Å²) in [7, 11) is 0. The molecule has 0 bridgehead atoms. The monoisotopic (exact) mass is 210 g/mol. The van der Waals surface area contributed by atoms with Crippen molar-refractivity contribution in [3.63, 3.8) is 0 Å². The molecule has 5 nitrogen and oxygen atoms in total. The summed E-state index contributed by atoms with van der Waals surface area (Å²) in [5.41, 5.74) is 5.64. The van der Waals surface area contributed by atoms with Crippen LogP contribution in [0, 0.1) is 0 Å². The molecule has 0 fully saturated rings. The van der Waals surface area contributed by atoms with E-state index in [-0.39, 0.29) is 12.6 Å². The lowest BCUT2D eigenvalue weighted by atomic mass is 10.2. The van der Waals surface area contributed by atoms with Gasteiger partial charge in [0, 0.05) is 12.5 Å². The molecular formula is C10H18N4O. The number of hydrogen-bond donors (Lipinski definition) is 3. The van der Waals surface area contributed by atoms with Gasteiger partial charge in [0.2, 0.25) is 0 Å². The van der Waals surface area contributed by atoms with E-state index in [2.05, 4.69) is 15.3 Å². The van der Waals surface area contributed by atoms with Crippen molar-refractivity contribution in [3.8, 4) is 0 Å². The van der Waals surface area contributed by atoms with Gasteiger partial charge < -0.3 is 16.2 Å². The molecule has 1 rings (SSSR count). The number of nitrogen functional groups attached to an aromatic ring is 1. The number of rotatable bonds is 5. The summed E-state index contributed by atoms with van der Waals surface area (Å²) in [6.45, 7) is 4.06. The minimum atomic E-state index is 0.0176. The Balaban J connectivity index is 2.79. The van der Waals surface area contributed by atoms with Crippen LogP contribution < -0.4 is 11.1 Å². The van der Waals surface area contributed by atoms with Gasteiger partial charge in [-0.1, -0.05) is 13.8 Å². The average molecular weight is 210 g/mol. The maximum Gasteiger partial charge on any atom is 0.132 e. The number of aryl methyl sites for hydroxylation is 1.